The summed E-state index contributed by atoms with van der Waals surface area (Å²) in [4.78, 5) is 14.0. The lowest BCUT2D eigenvalue weighted by Crippen LogP contribution is -2.00. The first-order chi connectivity index (χ1) is 8.09. The molecule has 0 fully saturated rings. The van der Waals surface area contributed by atoms with Crippen LogP contribution in [0.4, 0.5) is 15.9 Å². The van der Waals surface area contributed by atoms with Crippen LogP contribution in [-0.4, -0.2) is 9.91 Å². The Morgan fingerprint density at radius 2 is 1.88 bits per heavy atom. The van der Waals surface area contributed by atoms with Gasteiger partial charge >= 0.3 is 5.69 Å². The highest BCUT2D eigenvalue weighted by Crippen LogP contribution is 2.32. The molecule has 0 radical (unpaired) electrons. The summed E-state index contributed by atoms with van der Waals surface area (Å²) in [7, 11) is 0. The Balaban J connectivity index is 2.63. The van der Waals surface area contributed by atoms with Gasteiger partial charge in [0.05, 0.1) is 10.5 Å². The van der Waals surface area contributed by atoms with Crippen molar-refractivity contribution in [3.05, 3.63) is 52.5 Å². The van der Waals surface area contributed by atoms with Crippen molar-refractivity contribution < 1.29 is 9.31 Å². The first-order valence-electron chi connectivity index (χ1n) is 4.74. The van der Waals surface area contributed by atoms with E-state index in [1.807, 2.05) is 0 Å². The number of rotatable bonds is 2. The van der Waals surface area contributed by atoms with Gasteiger partial charge in [0.25, 0.3) is 0 Å². The van der Waals surface area contributed by atoms with Crippen molar-refractivity contribution in [3.63, 3.8) is 0 Å². The van der Waals surface area contributed by atoms with E-state index >= 15 is 0 Å². The lowest BCUT2D eigenvalue weighted by molar-refractivity contribution is -0.383. The molecule has 0 saturated carbocycles. The van der Waals surface area contributed by atoms with Gasteiger partial charge in [0.15, 0.2) is 0 Å². The van der Waals surface area contributed by atoms with E-state index in [4.69, 9.17) is 5.73 Å². The van der Waals surface area contributed by atoms with Gasteiger partial charge in [-0.15, -0.1) is 0 Å². The van der Waals surface area contributed by atoms with Crippen LogP contribution in [0.2, 0.25) is 0 Å². The summed E-state index contributed by atoms with van der Waals surface area (Å²) in [5.41, 5.74) is 6.04. The van der Waals surface area contributed by atoms with E-state index in [1.165, 1.54) is 36.5 Å². The maximum Gasteiger partial charge on any atom is 0.318 e. The van der Waals surface area contributed by atoms with Gasteiger partial charge < -0.3 is 5.73 Å². The zero-order valence-electron chi connectivity index (χ0n) is 8.63. The zero-order chi connectivity index (χ0) is 12.4. The molecule has 0 aliphatic carbocycles. The molecule has 0 aliphatic rings. The average Bonchev–Trinajstić information content (AvgIpc) is 2.29. The smallest absolute Gasteiger partial charge is 0.318 e. The molecule has 2 N–H and O–H groups in total. The number of halogens is 1. The topological polar surface area (TPSA) is 82.0 Å². The molecule has 0 amide bonds. The molecule has 0 aliphatic heterocycles. The average molecular weight is 233 g/mol. The van der Waals surface area contributed by atoms with Crippen molar-refractivity contribution in [3.8, 4) is 11.1 Å². The predicted molar refractivity (Wildman–Crippen MR) is 60.7 cm³/mol. The van der Waals surface area contributed by atoms with Crippen molar-refractivity contribution >= 4 is 11.5 Å². The number of hydrogen-bond donors (Lipinski definition) is 1. The normalized spacial score (nSPS) is 10.2. The summed E-state index contributed by atoms with van der Waals surface area (Å²) in [5.74, 6) is -0.560. The van der Waals surface area contributed by atoms with Crippen molar-refractivity contribution in [2.45, 2.75) is 0 Å². The molecule has 0 unspecified atom stereocenters. The van der Waals surface area contributed by atoms with Crippen LogP contribution in [0, 0.1) is 15.9 Å². The summed E-state index contributed by atoms with van der Waals surface area (Å²) in [6.45, 7) is 0. The molecule has 2 aromatic rings. The summed E-state index contributed by atoms with van der Waals surface area (Å²) in [6.07, 6.45) is 1.38. The molecule has 5 nitrogen and oxygen atoms in total. The van der Waals surface area contributed by atoms with E-state index in [9.17, 15) is 14.5 Å². The van der Waals surface area contributed by atoms with Gasteiger partial charge in [0.2, 0.25) is 5.82 Å². The highest BCUT2D eigenvalue weighted by atomic mass is 19.1. The fourth-order valence-electron chi connectivity index (χ4n) is 1.52. The maximum absolute atomic E-state index is 12.8. The third kappa shape index (κ3) is 2.05. The standard InChI is InChI=1S/C11H8FN3O2/c12-8-3-1-7(2-4-8)9-5-6-14-11(13)10(9)15(16)17/h1-6H,(H2,13,14). The van der Waals surface area contributed by atoms with Crippen LogP contribution in [0.15, 0.2) is 36.5 Å². The highest BCUT2D eigenvalue weighted by Gasteiger charge is 2.19. The van der Waals surface area contributed by atoms with Crippen LogP contribution in [0.3, 0.4) is 0 Å². The number of pyridine rings is 1. The fourth-order valence-corrected chi connectivity index (χ4v) is 1.52. The largest absolute Gasteiger partial charge is 0.378 e. The van der Waals surface area contributed by atoms with E-state index in [-0.39, 0.29) is 11.5 Å². The van der Waals surface area contributed by atoms with Crippen LogP contribution in [-0.2, 0) is 0 Å². The van der Waals surface area contributed by atoms with Crippen molar-refractivity contribution in [2.24, 2.45) is 0 Å². The first kappa shape index (κ1) is 11.0. The Kier molecular flexibility index (Phi) is 2.70. The number of nitrogens with zero attached hydrogens (tertiary/aromatic N) is 2. The molecule has 1 aromatic heterocycles. The van der Waals surface area contributed by atoms with E-state index in [2.05, 4.69) is 4.98 Å². The Labute approximate surface area is 95.9 Å². The number of aromatic nitrogens is 1. The second-order valence-corrected chi connectivity index (χ2v) is 3.36. The summed E-state index contributed by atoms with van der Waals surface area (Å²) in [5, 5.41) is 10.9. The first-order valence-corrected chi connectivity index (χ1v) is 4.74. The van der Waals surface area contributed by atoms with Gasteiger partial charge in [-0.25, -0.2) is 9.37 Å². The van der Waals surface area contributed by atoms with E-state index in [0.29, 0.717) is 11.1 Å². The molecule has 1 aromatic carbocycles. The predicted octanol–water partition coefficient (Wildman–Crippen LogP) is 2.38. The Morgan fingerprint density at radius 3 is 2.47 bits per heavy atom. The highest BCUT2D eigenvalue weighted by molar-refractivity contribution is 5.78. The number of hydrogen-bond acceptors (Lipinski definition) is 4. The van der Waals surface area contributed by atoms with Crippen molar-refractivity contribution in [1.29, 1.82) is 0 Å². The third-order valence-electron chi connectivity index (χ3n) is 2.29. The molecule has 86 valence electrons. The van der Waals surface area contributed by atoms with Gasteiger partial charge in [-0.1, -0.05) is 12.1 Å². The van der Waals surface area contributed by atoms with Crippen LogP contribution < -0.4 is 5.73 Å². The monoisotopic (exact) mass is 233 g/mol. The maximum atomic E-state index is 12.8. The van der Waals surface area contributed by atoms with E-state index < -0.39 is 10.7 Å². The SMILES string of the molecule is Nc1nccc(-c2ccc(F)cc2)c1[N+](=O)[O-]. The fraction of sp³-hybridized carbons (Fsp3) is 0. The molecule has 6 heteroatoms. The summed E-state index contributed by atoms with van der Waals surface area (Å²) < 4.78 is 12.8. The van der Waals surface area contributed by atoms with Crippen molar-refractivity contribution in [2.75, 3.05) is 5.73 Å². The van der Waals surface area contributed by atoms with E-state index in [1.54, 1.807) is 0 Å². The molecule has 0 atom stereocenters. The molecule has 0 spiro atoms. The number of nitro groups is 1. The quantitative estimate of drug-likeness (QED) is 0.637. The summed E-state index contributed by atoms with van der Waals surface area (Å²) >= 11 is 0. The lowest BCUT2D eigenvalue weighted by Gasteiger charge is -2.04. The Morgan fingerprint density at radius 1 is 1.24 bits per heavy atom. The number of anilines is 1. The minimum Gasteiger partial charge on any atom is -0.378 e. The number of nitrogens with two attached hydrogens (primary N) is 1. The van der Waals surface area contributed by atoms with Gasteiger partial charge in [-0.3, -0.25) is 10.1 Å². The Bertz CT molecular complexity index is 569. The lowest BCUT2D eigenvalue weighted by atomic mass is 10.1. The molecule has 2 rings (SSSR count). The molecular weight excluding hydrogens is 225 g/mol. The van der Waals surface area contributed by atoms with Gasteiger partial charge in [-0.2, -0.15) is 0 Å². The van der Waals surface area contributed by atoms with E-state index in [0.717, 1.165) is 0 Å². The second kappa shape index (κ2) is 4.17. The van der Waals surface area contributed by atoms with Gasteiger partial charge in [0.1, 0.15) is 5.82 Å². The van der Waals surface area contributed by atoms with Crippen molar-refractivity contribution in [1.82, 2.24) is 4.98 Å². The van der Waals surface area contributed by atoms with Crippen LogP contribution >= 0.6 is 0 Å². The molecule has 1 heterocycles. The van der Waals surface area contributed by atoms with Gasteiger partial charge in [0, 0.05) is 6.20 Å². The number of nitrogen functional groups attached to an aromatic ring is 1. The Hall–Kier alpha value is -2.50. The summed E-state index contributed by atoms with van der Waals surface area (Å²) in [6, 6.07) is 6.85. The molecule has 17 heavy (non-hydrogen) atoms. The number of benzene rings is 1. The molecule has 0 saturated heterocycles. The minimum atomic E-state index is -0.596. The minimum absolute atomic E-state index is 0.156. The molecular formula is C11H8FN3O2. The van der Waals surface area contributed by atoms with Crippen LogP contribution in [0.5, 0.6) is 0 Å². The molecule has 0 bridgehead atoms. The van der Waals surface area contributed by atoms with Crippen LogP contribution in [0.1, 0.15) is 0 Å². The second-order valence-electron chi connectivity index (χ2n) is 3.36. The third-order valence-corrected chi connectivity index (χ3v) is 2.29. The van der Waals surface area contributed by atoms with Crippen LogP contribution in [0.25, 0.3) is 11.1 Å². The zero-order valence-corrected chi connectivity index (χ0v) is 8.63. The van der Waals surface area contributed by atoms with Gasteiger partial charge in [-0.05, 0) is 23.8 Å².